The fourth-order valence-electron chi connectivity index (χ4n) is 2.81. The first kappa shape index (κ1) is 20.0. The zero-order valence-corrected chi connectivity index (χ0v) is 16.2. The third-order valence-electron chi connectivity index (χ3n) is 4.13. The highest BCUT2D eigenvalue weighted by atomic mass is 32.2. The largest absolute Gasteiger partial charge is 0.586 e. The number of carbonyl (C=O) groups is 2. The molecule has 0 unspecified atom stereocenters. The molecule has 0 spiro atoms. The van der Waals surface area contributed by atoms with Gasteiger partial charge in [0.1, 0.15) is 0 Å². The molecule has 6 nitrogen and oxygen atoms in total. The van der Waals surface area contributed by atoms with Crippen molar-refractivity contribution < 1.29 is 32.6 Å². The quantitative estimate of drug-likeness (QED) is 0.460. The van der Waals surface area contributed by atoms with Crippen LogP contribution in [0.25, 0.3) is 10.8 Å². The van der Waals surface area contributed by atoms with Gasteiger partial charge in [0.05, 0.1) is 5.75 Å². The average molecular weight is 431 g/mol. The molecular weight excluding hydrogens is 416 g/mol. The minimum absolute atomic E-state index is 0.0464. The van der Waals surface area contributed by atoms with Gasteiger partial charge in [0.15, 0.2) is 18.1 Å². The molecule has 0 saturated carbocycles. The van der Waals surface area contributed by atoms with Crippen LogP contribution in [0.4, 0.5) is 14.5 Å². The number of hydrogen-bond donors (Lipinski definition) is 1. The number of benzene rings is 3. The molecule has 1 heterocycles. The summed E-state index contributed by atoms with van der Waals surface area (Å²) in [5.74, 6) is -1.43. The Balaban J connectivity index is 1.24. The van der Waals surface area contributed by atoms with Crippen LogP contribution >= 0.6 is 11.8 Å². The van der Waals surface area contributed by atoms with Crippen LogP contribution < -0.4 is 14.8 Å². The monoisotopic (exact) mass is 431 g/mol. The van der Waals surface area contributed by atoms with Gasteiger partial charge in [-0.2, -0.15) is 0 Å². The molecule has 0 aliphatic carbocycles. The van der Waals surface area contributed by atoms with Crippen molar-refractivity contribution in [1.29, 1.82) is 0 Å². The summed E-state index contributed by atoms with van der Waals surface area (Å²) in [6, 6.07) is 17.6. The summed E-state index contributed by atoms with van der Waals surface area (Å²) in [5.41, 5.74) is 0.210. The van der Waals surface area contributed by atoms with Gasteiger partial charge >= 0.3 is 12.3 Å². The average Bonchev–Trinajstić information content (AvgIpc) is 3.03. The van der Waals surface area contributed by atoms with Crippen LogP contribution in [0.1, 0.15) is 0 Å². The van der Waals surface area contributed by atoms with Gasteiger partial charge in [-0.25, -0.2) is 0 Å². The van der Waals surface area contributed by atoms with Crippen molar-refractivity contribution in [2.45, 2.75) is 11.2 Å². The van der Waals surface area contributed by atoms with E-state index in [1.807, 2.05) is 42.5 Å². The Hall–Kier alpha value is -3.33. The molecule has 3 aromatic rings. The zero-order chi connectivity index (χ0) is 21.1. The Morgan fingerprint density at radius 3 is 2.57 bits per heavy atom. The van der Waals surface area contributed by atoms with Crippen molar-refractivity contribution in [1.82, 2.24) is 0 Å². The molecule has 0 fully saturated rings. The number of esters is 1. The van der Waals surface area contributed by atoms with Crippen molar-refractivity contribution in [3.8, 4) is 11.5 Å². The van der Waals surface area contributed by atoms with Gasteiger partial charge in [-0.15, -0.1) is 20.5 Å². The fourth-order valence-corrected chi connectivity index (χ4v) is 3.55. The van der Waals surface area contributed by atoms with Gasteiger partial charge in [0, 0.05) is 16.6 Å². The van der Waals surface area contributed by atoms with Crippen molar-refractivity contribution in [2.75, 3.05) is 17.7 Å². The number of ether oxygens (including phenoxy) is 3. The molecule has 1 N–H and O–H groups in total. The van der Waals surface area contributed by atoms with Crippen LogP contribution in [-0.2, 0) is 14.3 Å². The number of carbonyl (C=O) groups excluding carboxylic acids is 2. The Morgan fingerprint density at radius 2 is 1.73 bits per heavy atom. The van der Waals surface area contributed by atoms with E-state index in [1.165, 1.54) is 30.0 Å². The molecule has 0 radical (unpaired) electrons. The van der Waals surface area contributed by atoms with Crippen molar-refractivity contribution >= 4 is 40.1 Å². The predicted octanol–water partition coefficient (Wildman–Crippen LogP) is 4.44. The SMILES string of the molecule is O=C(COC(=O)CSc1ccc2ccccc2c1)Nc1ccc2c(c1)OC(F)(F)O2. The van der Waals surface area contributed by atoms with Gasteiger partial charge in [0.2, 0.25) is 0 Å². The number of fused-ring (bicyclic) bond motifs is 2. The number of thioether (sulfide) groups is 1. The maximum Gasteiger partial charge on any atom is 0.586 e. The summed E-state index contributed by atoms with van der Waals surface area (Å²) in [7, 11) is 0. The Morgan fingerprint density at radius 1 is 0.967 bits per heavy atom. The number of anilines is 1. The number of amides is 1. The van der Waals surface area contributed by atoms with Crippen LogP contribution in [0.15, 0.2) is 65.6 Å². The maximum atomic E-state index is 13.0. The second-order valence-corrected chi connectivity index (χ2v) is 7.38. The number of halogens is 2. The first-order chi connectivity index (χ1) is 14.4. The third-order valence-corrected chi connectivity index (χ3v) is 5.09. The maximum absolute atomic E-state index is 13.0. The standard InChI is InChI=1S/C21H15F2NO5S/c22-21(23)28-17-8-6-15(10-18(17)29-21)24-19(25)11-27-20(26)12-30-16-7-5-13-3-1-2-4-14(13)9-16/h1-10H,11-12H2,(H,24,25). The molecule has 3 aromatic carbocycles. The summed E-state index contributed by atoms with van der Waals surface area (Å²) >= 11 is 1.30. The molecular formula is C21H15F2NO5S. The van der Waals surface area contributed by atoms with Crippen LogP contribution in [0.3, 0.4) is 0 Å². The van der Waals surface area contributed by atoms with Crippen LogP contribution in [-0.4, -0.2) is 30.5 Å². The Kier molecular flexibility index (Phi) is 5.45. The topological polar surface area (TPSA) is 73.9 Å². The predicted molar refractivity (Wildman–Crippen MR) is 107 cm³/mol. The van der Waals surface area contributed by atoms with Crippen molar-refractivity contribution in [2.24, 2.45) is 0 Å². The Bertz CT molecular complexity index is 1120. The van der Waals surface area contributed by atoms with Crippen LogP contribution in [0.2, 0.25) is 0 Å². The molecule has 1 aliphatic heterocycles. The highest BCUT2D eigenvalue weighted by Crippen LogP contribution is 2.42. The highest BCUT2D eigenvalue weighted by Gasteiger charge is 2.43. The molecule has 154 valence electrons. The molecule has 0 atom stereocenters. The van der Waals surface area contributed by atoms with Crippen LogP contribution in [0, 0.1) is 0 Å². The molecule has 4 rings (SSSR count). The molecule has 9 heteroatoms. The summed E-state index contributed by atoms with van der Waals surface area (Å²) in [5, 5.41) is 4.62. The fraction of sp³-hybridized carbons (Fsp3) is 0.143. The van der Waals surface area contributed by atoms with E-state index in [2.05, 4.69) is 14.8 Å². The minimum atomic E-state index is -3.73. The lowest BCUT2D eigenvalue weighted by Crippen LogP contribution is -2.25. The van der Waals surface area contributed by atoms with E-state index in [1.54, 1.807) is 0 Å². The Labute approximate surface area is 174 Å². The van der Waals surface area contributed by atoms with Gasteiger partial charge in [0.25, 0.3) is 5.91 Å². The molecule has 30 heavy (non-hydrogen) atoms. The molecule has 0 bridgehead atoms. The van der Waals surface area contributed by atoms with Gasteiger partial charge in [-0.3, -0.25) is 9.59 Å². The lowest BCUT2D eigenvalue weighted by atomic mass is 10.1. The van der Waals surface area contributed by atoms with Gasteiger partial charge in [-0.1, -0.05) is 30.3 Å². The summed E-state index contributed by atoms with van der Waals surface area (Å²) in [6.07, 6.45) is -3.73. The molecule has 1 amide bonds. The summed E-state index contributed by atoms with van der Waals surface area (Å²) in [6.45, 7) is -0.498. The van der Waals surface area contributed by atoms with E-state index >= 15 is 0 Å². The summed E-state index contributed by atoms with van der Waals surface area (Å²) in [4.78, 5) is 24.8. The third kappa shape index (κ3) is 4.80. The van der Waals surface area contributed by atoms with E-state index in [9.17, 15) is 18.4 Å². The molecule has 0 saturated heterocycles. The second kappa shape index (κ2) is 8.19. The van der Waals surface area contributed by atoms with Crippen LogP contribution in [0.5, 0.6) is 11.5 Å². The van der Waals surface area contributed by atoms with E-state index in [0.717, 1.165) is 15.7 Å². The van der Waals surface area contributed by atoms with E-state index < -0.39 is 24.8 Å². The summed E-state index contributed by atoms with van der Waals surface area (Å²) < 4.78 is 39.6. The first-order valence-electron chi connectivity index (χ1n) is 8.85. The van der Waals surface area contributed by atoms with E-state index in [4.69, 9.17) is 4.74 Å². The normalized spacial score (nSPS) is 13.8. The van der Waals surface area contributed by atoms with Gasteiger partial charge in [-0.05, 0) is 35.0 Å². The van der Waals surface area contributed by atoms with E-state index in [0.29, 0.717) is 0 Å². The number of nitrogens with one attached hydrogen (secondary N) is 1. The highest BCUT2D eigenvalue weighted by molar-refractivity contribution is 8.00. The number of rotatable bonds is 6. The number of alkyl halides is 2. The smallest absolute Gasteiger partial charge is 0.455 e. The zero-order valence-electron chi connectivity index (χ0n) is 15.4. The minimum Gasteiger partial charge on any atom is -0.455 e. The lowest BCUT2D eigenvalue weighted by molar-refractivity contribution is -0.286. The molecule has 0 aromatic heterocycles. The number of hydrogen-bond acceptors (Lipinski definition) is 6. The van der Waals surface area contributed by atoms with Crippen molar-refractivity contribution in [3.05, 3.63) is 60.7 Å². The van der Waals surface area contributed by atoms with Crippen molar-refractivity contribution in [3.63, 3.8) is 0 Å². The van der Waals surface area contributed by atoms with E-state index in [-0.39, 0.29) is 22.9 Å². The second-order valence-electron chi connectivity index (χ2n) is 6.34. The first-order valence-corrected chi connectivity index (χ1v) is 9.83. The lowest BCUT2D eigenvalue weighted by Gasteiger charge is -2.07. The molecule has 1 aliphatic rings. The van der Waals surface area contributed by atoms with Gasteiger partial charge < -0.3 is 19.5 Å².